The summed E-state index contributed by atoms with van der Waals surface area (Å²) in [5, 5.41) is 9.15. The van der Waals surface area contributed by atoms with Gasteiger partial charge in [-0.1, -0.05) is 12.1 Å². The molecule has 1 heterocycles. The van der Waals surface area contributed by atoms with Crippen molar-refractivity contribution in [2.45, 2.75) is 13.3 Å². The van der Waals surface area contributed by atoms with Gasteiger partial charge >= 0.3 is 5.97 Å². The van der Waals surface area contributed by atoms with E-state index in [4.69, 9.17) is 10.8 Å². The van der Waals surface area contributed by atoms with Gasteiger partial charge in [0.25, 0.3) is 0 Å². The number of para-hydroxylation sites is 1. The number of aromatic carboxylic acids is 1. The summed E-state index contributed by atoms with van der Waals surface area (Å²) in [5.41, 5.74) is 5.71. The second kappa shape index (κ2) is 4.33. The number of carbonyl (C=O) groups is 2. The molecule has 1 unspecified atom stereocenters. The van der Waals surface area contributed by atoms with Crippen molar-refractivity contribution in [3.05, 3.63) is 29.8 Å². The van der Waals surface area contributed by atoms with E-state index in [1.807, 2.05) is 11.8 Å². The fraction of sp³-hybridized carbons (Fsp3) is 0.385. The molecule has 0 aromatic heterocycles. The van der Waals surface area contributed by atoms with E-state index in [-0.39, 0.29) is 11.5 Å². The maximum Gasteiger partial charge on any atom is 0.337 e. The highest BCUT2D eigenvalue weighted by atomic mass is 16.4. The number of carboxylic acid groups (broad SMARTS) is 1. The van der Waals surface area contributed by atoms with Crippen LogP contribution in [0.4, 0.5) is 5.69 Å². The highest BCUT2D eigenvalue weighted by Crippen LogP contribution is 2.34. The summed E-state index contributed by atoms with van der Waals surface area (Å²) >= 11 is 0. The van der Waals surface area contributed by atoms with E-state index in [1.165, 1.54) is 0 Å². The van der Waals surface area contributed by atoms with Crippen LogP contribution in [0, 0.1) is 5.41 Å². The third kappa shape index (κ3) is 2.03. The molecule has 96 valence electrons. The maximum atomic E-state index is 11.4. The molecule has 1 fully saturated rings. The Labute approximate surface area is 105 Å². The summed E-state index contributed by atoms with van der Waals surface area (Å²) in [4.78, 5) is 24.5. The van der Waals surface area contributed by atoms with Crippen LogP contribution < -0.4 is 10.6 Å². The zero-order valence-electron chi connectivity index (χ0n) is 10.2. The molecule has 5 nitrogen and oxygen atoms in total. The number of benzene rings is 1. The molecule has 18 heavy (non-hydrogen) atoms. The first kappa shape index (κ1) is 12.4. The standard InChI is InChI=1S/C13H16N2O3/c1-13(12(14)18)6-7-15(8-13)10-5-3-2-4-9(10)11(16)17/h2-5H,6-8H2,1H3,(H2,14,18)(H,16,17). The second-order valence-electron chi connectivity index (χ2n) is 4.92. The molecular weight excluding hydrogens is 232 g/mol. The monoisotopic (exact) mass is 248 g/mol. The van der Waals surface area contributed by atoms with Crippen molar-refractivity contribution < 1.29 is 14.7 Å². The molecule has 1 aromatic carbocycles. The molecule has 0 saturated carbocycles. The second-order valence-corrected chi connectivity index (χ2v) is 4.92. The molecule has 1 atom stereocenters. The summed E-state index contributed by atoms with van der Waals surface area (Å²) in [7, 11) is 0. The summed E-state index contributed by atoms with van der Waals surface area (Å²) < 4.78 is 0. The Morgan fingerprint density at radius 3 is 2.61 bits per heavy atom. The highest BCUT2D eigenvalue weighted by Gasteiger charge is 2.39. The van der Waals surface area contributed by atoms with E-state index in [2.05, 4.69) is 0 Å². The van der Waals surface area contributed by atoms with Crippen LogP contribution in [0.5, 0.6) is 0 Å². The average molecular weight is 248 g/mol. The number of carbonyl (C=O) groups excluding carboxylic acids is 1. The number of hydrogen-bond acceptors (Lipinski definition) is 3. The Hall–Kier alpha value is -2.04. The van der Waals surface area contributed by atoms with Gasteiger partial charge < -0.3 is 15.7 Å². The Balaban J connectivity index is 2.30. The molecule has 0 aliphatic carbocycles. The van der Waals surface area contributed by atoms with Gasteiger partial charge in [0.2, 0.25) is 5.91 Å². The van der Waals surface area contributed by atoms with Crippen LogP contribution in [0.2, 0.25) is 0 Å². The molecule has 2 rings (SSSR count). The number of nitrogens with two attached hydrogens (primary N) is 1. The minimum atomic E-state index is -0.960. The van der Waals surface area contributed by atoms with Crippen molar-refractivity contribution in [1.82, 2.24) is 0 Å². The van der Waals surface area contributed by atoms with Gasteiger partial charge in [-0.25, -0.2) is 4.79 Å². The fourth-order valence-corrected chi connectivity index (χ4v) is 2.30. The van der Waals surface area contributed by atoms with Crippen molar-refractivity contribution in [3.63, 3.8) is 0 Å². The van der Waals surface area contributed by atoms with Crippen molar-refractivity contribution in [2.75, 3.05) is 18.0 Å². The SMILES string of the molecule is CC1(C(N)=O)CCN(c2ccccc2C(=O)O)C1. The van der Waals surface area contributed by atoms with Gasteiger partial charge in [-0.3, -0.25) is 4.79 Å². The van der Waals surface area contributed by atoms with E-state index < -0.39 is 11.4 Å². The number of amides is 1. The lowest BCUT2D eigenvalue weighted by molar-refractivity contribution is -0.125. The van der Waals surface area contributed by atoms with Crippen molar-refractivity contribution in [2.24, 2.45) is 11.1 Å². The predicted molar refractivity (Wildman–Crippen MR) is 67.5 cm³/mol. The van der Waals surface area contributed by atoms with Gasteiger partial charge in [0.1, 0.15) is 0 Å². The summed E-state index contributed by atoms with van der Waals surface area (Å²) in [6.07, 6.45) is 0.649. The molecule has 5 heteroatoms. The largest absolute Gasteiger partial charge is 0.478 e. The van der Waals surface area contributed by atoms with Crippen LogP contribution in [0.15, 0.2) is 24.3 Å². The van der Waals surface area contributed by atoms with Crippen LogP contribution >= 0.6 is 0 Å². The molecule has 1 aliphatic heterocycles. The van der Waals surface area contributed by atoms with Gasteiger partial charge in [-0.15, -0.1) is 0 Å². The van der Waals surface area contributed by atoms with Crippen molar-refractivity contribution in [3.8, 4) is 0 Å². The maximum absolute atomic E-state index is 11.4. The molecule has 0 spiro atoms. The average Bonchev–Trinajstić information content (AvgIpc) is 2.73. The van der Waals surface area contributed by atoms with Crippen LogP contribution in [-0.2, 0) is 4.79 Å². The Morgan fingerprint density at radius 1 is 1.39 bits per heavy atom. The van der Waals surface area contributed by atoms with Crippen LogP contribution in [-0.4, -0.2) is 30.1 Å². The third-order valence-corrected chi connectivity index (χ3v) is 3.54. The number of hydrogen-bond donors (Lipinski definition) is 2. The lowest BCUT2D eigenvalue weighted by Gasteiger charge is -2.23. The molecule has 1 saturated heterocycles. The number of rotatable bonds is 3. The van der Waals surface area contributed by atoms with Gasteiger partial charge in [-0.05, 0) is 25.5 Å². The first-order valence-corrected chi connectivity index (χ1v) is 5.81. The van der Waals surface area contributed by atoms with Gasteiger partial charge in [0.15, 0.2) is 0 Å². The first-order valence-electron chi connectivity index (χ1n) is 5.81. The number of nitrogens with zero attached hydrogens (tertiary/aromatic N) is 1. The summed E-state index contributed by atoms with van der Waals surface area (Å²) in [6, 6.07) is 6.81. The normalized spacial score (nSPS) is 23.1. The van der Waals surface area contributed by atoms with E-state index in [0.29, 0.717) is 25.2 Å². The van der Waals surface area contributed by atoms with Gasteiger partial charge in [-0.2, -0.15) is 0 Å². The first-order chi connectivity index (χ1) is 8.44. The molecule has 0 radical (unpaired) electrons. The minimum Gasteiger partial charge on any atom is -0.478 e. The third-order valence-electron chi connectivity index (χ3n) is 3.54. The molecular formula is C13H16N2O3. The van der Waals surface area contributed by atoms with Gasteiger partial charge in [0, 0.05) is 13.1 Å². The lowest BCUT2D eigenvalue weighted by Crippen LogP contribution is -2.37. The number of carboxylic acids is 1. The smallest absolute Gasteiger partial charge is 0.337 e. The lowest BCUT2D eigenvalue weighted by atomic mass is 9.89. The zero-order chi connectivity index (χ0) is 13.3. The van der Waals surface area contributed by atoms with Crippen molar-refractivity contribution >= 4 is 17.6 Å². The quantitative estimate of drug-likeness (QED) is 0.838. The van der Waals surface area contributed by atoms with Crippen LogP contribution in [0.3, 0.4) is 0 Å². The summed E-state index contributed by atoms with van der Waals surface area (Å²) in [5.74, 6) is -1.30. The molecule has 1 amide bonds. The van der Waals surface area contributed by atoms with Crippen LogP contribution in [0.1, 0.15) is 23.7 Å². The minimum absolute atomic E-state index is 0.256. The zero-order valence-corrected chi connectivity index (χ0v) is 10.2. The molecule has 0 bridgehead atoms. The number of anilines is 1. The Kier molecular flexibility index (Phi) is 2.98. The fourth-order valence-electron chi connectivity index (χ4n) is 2.30. The van der Waals surface area contributed by atoms with Crippen LogP contribution in [0.25, 0.3) is 0 Å². The molecule has 1 aromatic rings. The molecule has 1 aliphatic rings. The number of primary amides is 1. The van der Waals surface area contributed by atoms with Gasteiger partial charge in [0.05, 0.1) is 16.7 Å². The topological polar surface area (TPSA) is 83.6 Å². The molecule has 3 N–H and O–H groups in total. The predicted octanol–water partition coefficient (Wildman–Crippen LogP) is 1.09. The van der Waals surface area contributed by atoms with Crippen molar-refractivity contribution in [1.29, 1.82) is 0 Å². The highest BCUT2D eigenvalue weighted by molar-refractivity contribution is 5.94. The van der Waals surface area contributed by atoms with E-state index in [1.54, 1.807) is 24.3 Å². The van der Waals surface area contributed by atoms with E-state index in [9.17, 15) is 9.59 Å². The van der Waals surface area contributed by atoms with E-state index in [0.717, 1.165) is 0 Å². The Bertz CT molecular complexity index is 501. The Morgan fingerprint density at radius 2 is 2.06 bits per heavy atom. The summed E-state index contributed by atoms with van der Waals surface area (Å²) in [6.45, 7) is 2.93. The van der Waals surface area contributed by atoms with E-state index >= 15 is 0 Å².